The van der Waals surface area contributed by atoms with Gasteiger partial charge in [0.2, 0.25) is 0 Å². The van der Waals surface area contributed by atoms with Gasteiger partial charge in [-0.15, -0.1) is 13.2 Å². The number of nitrogens with two attached hydrogens (primary N) is 1. The fraction of sp³-hybridized carbons (Fsp3) is 0.364. The molecule has 32 heavy (non-hydrogen) atoms. The van der Waals surface area contributed by atoms with Gasteiger partial charge in [-0.3, -0.25) is 0 Å². The molecule has 2 N–H and O–H groups in total. The molecule has 3 aliphatic rings. The van der Waals surface area contributed by atoms with Gasteiger partial charge < -0.3 is 19.8 Å². The summed E-state index contributed by atoms with van der Waals surface area (Å²) in [5, 5.41) is 0. The number of benzene rings is 1. The Morgan fingerprint density at radius 1 is 1.09 bits per heavy atom. The van der Waals surface area contributed by atoms with Gasteiger partial charge in [0.15, 0.2) is 11.6 Å². The molecule has 2 heterocycles. The van der Waals surface area contributed by atoms with Crippen molar-refractivity contribution in [3.05, 3.63) is 60.2 Å². The largest absolute Gasteiger partial charge is 0.573 e. The number of nitrogen functional groups attached to an aromatic ring is 1. The molecule has 0 radical (unpaired) electrons. The Morgan fingerprint density at radius 3 is 2.47 bits per heavy atom. The minimum Gasteiger partial charge on any atom is -0.402 e. The number of aromatic nitrogens is 3. The Kier molecular flexibility index (Phi) is 4.66. The fourth-order valence-electron chi connectivity index (χ4n) is 4.58. The molecule has 0 amide bonds. The van der Waals surface area contributed by atoms with E-state index in [0.717, 1.165) is 11.6 Å². The highest BCUT2D eigenvalue weighted by Gasteiger charge is 2.70. The molecule has 6 rings (SSSR count). The van der Waals surface area contributed by atoms with Crippen molar-refractivity contribution in [3.8, 4) is 17.0 Å². The average Bonchev–Trinajstić information content (AvgIpc) is 3.10. The summed E-state index contributed by atoms with van der Waals surface area (Å²) < 4.78 is 63.9. The van der Waals surface area contributed by atoms with Gasteiger partial charge in [-0.2, -0.15) is 0 Å². The fourth-order valence-corrected chi connectivity index (χ4v) is 4.58. The Balaban J connectivity index is 1.42. The van der Waals surface area contributed by atoms with E-state index in [4.69, 9.17) is 10.5 Å². The predicted molar refractivity (Wildman–Crippen MR) is 107 cm³/mol. The van der Waals surface area contributed by atoms with Gasteiger partial charge in [0.05, 0.1) is 17.8 Å². The van der Waals surface area contributed by atoms with Crippen molar-refractivity contribution in [2.75, 3.05) is 5.73 Å². The highest BCUT2D eigenvalue weighted by Crippen LogP contribution is 2.67. The zero-order valence-corrected chi connectivity index (χ0v) is 16.9. The third-order valence-corrected chi connectivity index (χ3v) is 5.97. The van der Waals surface area contributed by atoms with Crippen molar-refractivity contribution in [3.63, 3.8) is 0 Å². The van der Waals surface area contributed by atoms with Crippen LogP contribution >= 0.6 is 0 Å². The number of alkyl halides is 4. The first-order chi connectivity index (χ1) is 15.1. The summed E-state index contributed by atoms with van der Waals surface area (Å²) in [5.74, 6) is -0.400. The predicted octanol–water partition coefficient (Wildman–Crippen LogP) is 4.74. The number of pyridine rings is 1. The molecule has 0 atom stereocenters. The van der Waals surface area contributed by atoms with Crippen LogP contribution in [0.4, 0.5) is 23.4 Å². The normalized spacial score (nSPS) is 24.0. The van der Waals surface area contributed by atoms with Crippen LogP contribution in [-0.2, 0) is 23.5 Å². The van der Waals surface area contributed by atoms with E-state index in [0.29, 0.717) is 43.0 Å². The monoisotopic (exact) mass is 448 g/mol. The van der Waals surface area contributed by atoms with E-state index in [-0.39, 0.29) is 18.0 Å². The number of nitrogens with zero attached hydrogens (tertiary/aromatic N) is 3. The molecule has 168 valence electrons. The first-order valence-corrected chi connectivity index (χ1v) is 10.1. The maximum atomic E-state index is 14.2. The molecule has 0 saturated heterocycles. The van der Waals surface area contributed by atoms with Gasteiger partial charge >= 0.3 is 6.36 Å². The van der Waals surface area contributed by atoms with Gasteiger partial charge in [-0.05, 0) is 11.6 Å². The summed E-state index contributed by atoms with van der Waals surface area (Å²) in [5.41, 5.74) is 5.74. The minimum absolute atomic E-state index is 0.171. The lowest BCUT2D eigenvalue weighted by Crippen LogP contribution is -2.70. The van der Waals surface area contributed by atoms with E-state index >= 15 is 0 Å². The van der Waals surface area contributed by atoms with Crippen molar-refractivity contribution in [2.24, 2.45) is 0 Å². The number of hydrogen-bond donors (Lipinski definition) is 1. The van der Waals surface area contributed by atoms with Crippen LogP contribution in [0.2, 0.25) is 0 Å². The van der Waals surface area contributed by atoms with Crippen LogP contribution in [0.25, 0.3) is 11.3 Å². The minimum atomic E-state index is -4.90. The van der Waals surface area contributed by atoms with Crippen LogP contribution in [0.5, 0.6) is 5.75 Å². The molecule has 3 fully saturated rings. The standard InChI is InChI=1S/C22H20F4N4O2/c23-20-11-21(12-20,13-20)30-8-16(15-6-17(19(27)28-7-15)32-22(24,25)26)29-18(30)10-31-9-14-4-2-1-3-5-14/h1-8H,9-13H2,(H2,27,28). The van der Waals surface area contributed by atoms with E-state index in [1.165, 1.54) is 6.20 Å². The summed E-state index contributed by atoms with van der Waals surface area (Å²) in [4.78, 5) is 8.38. The van der Waals surface area contributed by atoms with Crippen LogP contribution in [0.3, 0.4) is 0 Å². The van der Waals surface area contributed by atoms with Crippen LogP contribution in [-0.4, -0.2) is 26.6 Å². The maximum Gasteiger partial charge on any atom is 0.573 e. The van der Waals surface area contributed by atoms with Crippen molar-refractivity contribution >= 4 is 5.82 Å². The first kappa shape index (κ1) is 20.7. The molecule has 1 aromatic carbocycles. The second-order valence-electron chi connectivity index (χ2n) is 8.45. The second kappa shape index (κ2) is 7.19. The van der Waals surface area contributed by atoms with Crippen LogP contribution in [0.15, 0.2) is 48.8 Å². The number of rotatable bonds is 7. The third kappa shape index (κ3) is 3.79. The van der Waals surface area contributed by atoms with Gasteiger partial charge in [-0.1, -0.05) is 30.3 Å². The quantitative estimate of drug-likeness (QED) is 0.529. The lowest BCUT2D eigenvalue weighted by atomic mass is 9.47. The summed E-state index contributed by atoms with van der Waals surface area (Å²) in [7, 11) is 0. The lowest BCUT2D eigenvalue weighted by molar-refractivity contribution is -0.274. The molecule has 10 heteroatoms. The maximum absolute atomic E-state index is 14.2. The average molecular weight is 448 g/mol. The highest BCUT2D eigenvalue weighted by molar-refractivity contribution is 5.64. The van der Waals surface area contributed by atoms with Crippen LogP contribution in [0, 0.1) is 0 Å². The van der Waals surface area contributed by atoms with Gasteiger partial charge in [0, 0.05) is 37.2 Å². The Hall–Kier alpha value is -3.14. The molecule has 0 spiro atoms. The topological polar surface area (TPSA) is 75.2 Å². The number of hydrogen-bond acceptors (Lipinski definition) is 5. The van der Waals surface area contributed by atoms with Crippen molar-refractivity contribution < 1.29 is 27.0 Å². The van der Waals surface area contributed by atoms with E-state index in [9.17, 15) is 17.6 Å². The molecular weight excluding hydrogens is 428 g/mol. The molecule has 0 aliphatic heterocycles. The molecular formula is C22H20F4N4O2. The zero-order valence-electron chi connectivity index (χ0n) is 16.9. The number of imidazole rings is 1. The molecule has 3 aromatic rings. The van der Waals surface area contributed by atoms with E-state index in [2.05, 4.69) is 14.7 Å². The van der Waals surface area contributed by atoms with Gasteiger partial charge in [-0.25, -0.2) is 14.4 Å². The van der Waals surface area contributed by atoms with Crippen molar-refractivity contribution in [1.82, 2.24) is 14.5 Å². The Labute approximate surface area is 181 Å². The zero-order chi connectivity index (χ0) is 22.6. The lowest BCUT2D eigenvalue weighted by Gasteiger charge is -2.66. The van der Waals surface area contributed by atoms with Crippen LogP contribution < -0.4 is 10.5 Å². The summed E-state index contributed by atoms with van der Waals surface area (Å²) in [6.45, 7) is 0.542. The summed E-state index contributed by atoms with van der Waals surface area (Å²) in [6.07, 6.45) is -0.674. The van der Waals surface area contributed by atoms with Gasteiger partial charge in [0.25, 0.3) is 0 Å². The number of ether oxygens (including phenoxy) is 2. The molecule has 2 bridgehead atoms. The SMILES string of the molecule is Nc1ncc(-c2cn(C34CC(F)(C3)C4)c(COCc3ccccc3)n2)cc1OC(F)(F)F. The van der Waals surface area contributed by atoms with E-state index in [1.54, 1.807) is 6.20 Å². The summed E-state index contributed by atoms with van der Waals surface area (Å²) in [6, 6.07) is 10.8. The molecule has 2 aromatic heterocycles. The smallest absolute Gasteiger partial charge is 0.402 e. The number of halogens is 4. The molecule has 0 unspecified atom stereocenters. The van der Waals surface area contributed by atoms with E-state index < -0.39 is 17.8 Å². The van der Waals surface area contributed by atoms with Gasteiger partial charge in [0.1, 0.15) is 18.1 Å². The molecule has 6 nitrogen and oxygen atoms in total. The summed E-state index contributed by atoms with van der Waals surface area (Å²) >= 11 is 0. The van der Waals surface area contributed by atoms with Crippen molar-refractivity contribution in [2.45, 2.75) is 50.0 Å². The Morgan fingerprint density at radius 2 is 1.81 bits per heavy atom. The Bertz CT molecular complexity index is 1130. The highest BCUT2D eigenvalue weighted by atomic mass is 19.4. The first-order valence-electron chi connectivity index (χ1n) is 10.1. The number of anilines is 1. The van der Waals surface area contributed by atoms with Crippen molar-refractivity contribution in [1.29, 1.82) is 0 Å². The molecule has 3 aliphatic carbocycles. The van der Waals surface area contributed by atoms with Crippen LogP contribution in [0.1, 0.15) is 30.7 Å². The third-order valence-electron chi connectivity index (χ3n) is 5.97. The molecule has 3 saturated carbocycles. The second-order valence-corrected chi connectivity index (χ2v) is 8.45. The van der Waals surface area contributed by atoms with E-state index in [1.807, 2.05) is 34.9 Å².